The van der Waals surface area contributed by atoms with Gasteiger partial charge in [-0.25, -0.2) is 13.7 Å². The summed E-state index contributed by atoms with van der Waals surface area (Å²) in [6, 6.07) is 0. The molecule has 3 rings (SSSR count). The van der Waals surface area contributed by atoms with Crippen molar-refractivity contribution in [2.24, 2.45) is 0 Å². The molecule has 0 atom stereocenters. The molecule has 0 radical (unpaired) electrons. The standard InChI is InChI=1S/C12H24IN3P/c13-17(14-7-1-2-8-14,15-9-3-4-10-15)16-11-5-6-12-16/h1-12H2/q+1. The van der Waals surface area contributed by atoms with Crippen LogP contribution in [0, 0.1) is 0 Å². The van der Waals surface area contributed by atoms with Crippen LogP contribution in [-0.4, -0.2) is 52.9 Å². The van der Waals surface area contributed by atoms with Gasteiger partial charge in [-0.1, -0.05) is 0 Å². The third-order valence-electron chi connectivity index (χ3n) is 4.33. The fourth-order valence-electron chi connectivity index (χ4n) is 3.40. The molecular formula is C12H24IN3P+. The Hall–Kier alpha value is 0.880. The molecule has 0 aromatic carbocycles. The lowest BCUT2D eigenvalue weighted by Gasteiger charge is -2.32. The Morgan fingerprint density at radius 1 is 0.706 bits per heavy atom. The number of nitrogens with zero attached hydrogens (tertiary/aromatic N) is 3. The highest BCUT2D eigenvalue weighted by atomic mass is 127. The number of halogens is 1. The van der Waals surface area contributed by atoms with E-state index in [1.807, 2.05) is 0 Å². The fourth-order valence-corrected chi connectivity index (χ4v) is 10.7. The van der Waals surface area contributed by atoms with Gasteiger partial charge in [-0.3, -0.25) is 0 Å². The van der Waals surface area contributed by atoms with E-state index < -0.39 is 5.00 Å². The van der Waals surface area contributed by atoms with Crippen molar-refractivity contribution in [3.05, 3.63) is 0 Å². The average molecular weight is 368 g/mol. The summed E-state index contributed by atoms with van der Waals surface area (Å²) in [7, 11) is 0. The lowest BCUT2D eigenvalue weighted by atomic mass is 10.4. The van der Waals surface area contributed by atoms with Crippen LogP contribution < -0.4 is 0 Å². The van der Waals surface area contributed by atoms with Gasteiger partial charge >= 0.3 is 0 Å². The summed E-state index contributed by atoms with van der Waals surface area (Å²) in [6.45, 7) is 8.11. The second-order valence-electron chi connectivity index (χ2n) is 5.48. The first-order valence-electron chi connectivity index (χ1n) is 7.17. The van der Waals surface area contributed by atoms with Crippen molar-refractivity contribution in [2.45, 2.75) is 38.5 Å². The molecule has 0 spiro atoms. The fraction of sp³-hybridized carbons (Fsp3) is 1.00. The molecule has 5 heteroatoms. The minimum atomic E-state index is -1.14. The monoisotopic (exact) mass is 368 g/mol. The van der Waals surface area contributed by atoms with Crippen LogP contribution in [0.4, 0.5) is 0 Å². The summed E-state index contributed by atoms with van der Waals surface area (Å²) in [5.74, 6) is 0. The quantitative estimate of drug-likeness (QED) is 0.546. The molecule has 3 aliphatic heterocycles. The SMILES string of the molecule is IP(N1CCCC1)(N1CCCC1)=[N+]1CCCC1. The van der Waals surface area contributed by atoms with Crippen molar-refractivity contribution in [1.29, 1.82) is 0 Å². The molecule has 3 aliphatic rings. The molecule has 0 bridgehead atoms. The summed E-state index contributed by atoms with van der Waals surface area (Å²) in [5, 5.41) is 0. The third-order valence-corrected chi connectivity index (χ3v) is 13.2. The second-order valence-corrected chi connectivity index (χ2v) is 12.0. The lowest BCUT2D eigenvalue weighted by Crippen LogP contribution is -2.30. The van der Waals surface area contributed by atoms with Gasteiger partial charge in [-0.05, 0) is 25.7 Å². The Bertz CT molecular complexity index is 305. The van der Waals surface area contributed by atoms with Crippen LogP contribution in [0.25, 0.3) is 0 Å². The Labute approximate surface area is 118 Å². The molecule has 0 N–H and O–H groups in total. The van der Waals surface area contributed by atoms with E-state index in [0.717, 1.165) is 0 Å². The normalized spacial score (nSPS) is 28.4. The molecule has 0 aliphatic carbocycles. The lowest BCUT2D eigenvalue weighted by molar-refractivity contribution is -0.489. The van der Waals surface area contributed by atoms with E-state index in [2.05, 4.69) is 35.7 Å². The van der Waals surface area contributed by atoms with Crippen molar-refractivity contribution in [3.8, 4) is 0 Å². The van der Waals surface area contributed by atoms with Gasteiger partial charge in [0.2, 0.25) is 0 Å². The maximum Gasteiger partial charge on any atom is 0.294 e. The van der Waals surface area contributed by atoms with Crippen LogP contribution in [0.2, 0.25) is 0 Å². The Kier molecular flexibility index (Phi) is 4.15. The van der Waals surface area contributed by atoms with Gasteiger partial charge in [0.05, 0.1) is 22.0 Å². The zero-order valence-electron chi connectivity index (χ0n) is 10.7. The van der Waals surface area contributed by atoms with Gasteiger partial charge in [0.1, 0.15) is 13.1 Å². The zero-order chi connectivity index (χ0) is 11.7. The maximum absolute atomic E-state index is 2.87. The maximum atomic E-state index is 2.87. The first-order chi connectivity index (χ1) is 8.32. The number of hydrogen-bond acceptors (Lipinski definition) is 0. The molecule has 17 heavy (non-hydrogen) atoms. The van der Waals surface area contributed by atoms with Crippen molar-refractivity contribution in [2.75, 3.05) is 39.3 Å². The topological polar surface area (TPSA) is 9.49 Å². The van der Waals surface area contributed by atoms with Gasteiger partial charge < -0.3 is 0 Å². The van der Waals surface area contributed by atoms with Crippen LogP contribution in [0.1, 0.15) is 38.5 Å². The van der Waals surface area contributed by atoms with Crippen LogP contribution in [0.5, 0.6) is 0 Å². The Morgan fingerprint density at radius 3 is 1.53 bits per heavy atom. The van der Waals surface area contributed by atoms with Crippen molar-refractivity contribution in [3.63, 3.8) is 0 Å². The summed E-state index contributed by atoms with van der Waals surface area (Å²) in [5.41, 5.74) is 0. The smallest absolute Gasteiger partial charge is 0.228 e. The molecule has 0 aromatic heterocycles. The second kappa shape index (κ2) is 5.48. The summed E-state index contributed by atoms with van der Waals surface area (Å²) in [6.07, 6.45) is 8.54. The minimum Gasteiger partial charge on any atom is -0.228 e. The predicted octanol–water partition coefficient (Wildman–Crippen LogP) is 3.37. The molecule has 3 nitrogen and oxygen atoms in total. The summed E-state index contributed by atoms with van der Waals surface area (Å²) >= 11 is 2.87. The zero-order valence-corrected chi connectivity index (χ0v) is 13.7. The molecule has 3 saturated heterocycles. The van der Waals surface area contributed by atoms with E-state index in [0.29, 0.717) is 0 Å². The molecule has 3 heterocycles. The van der Waals surface area contributed by atoms with E-state index in [9.17, 15) is 0 Å². The number of hydrogen-bond donors (Lipinski definition) is 0. The van der Waals surface area contributed by atoms with Crippen molar-refractivity contribution >= 4 is 27.0 Å². The molecule has 98 valence electrons. The van der Waals surface area contributed by atoms with Crippen LogP contribution in [0.15, 0.2) is 0 Å². The third kappa shape index (κ3) is 2.35. The first kappa shape index (κ1) is 12.9. The summed E-state index contributed by atoms with van der Waals surface area (Å²) in [4.78, 5) is -1.14. The van der Waals surface area contributed by atoms with Gasteiger partial charge in [-0.2, -0.15) is 0 Å². The van der Waals surface area contributed by atoms with Crippen molar-refractivity contribution in [1.82, 2.24) is 9.34 Å². The highest BCUT2D eigenvalue weighted by molar-refractivity contribution is 14.2. The molecule has 0 amide bonds. The van der Waals surface area contributed by atoms with E-state index in [-0.39, 0.29) is 0 Å². The van der Waals surface area contributed by atoms with Gasteiger partial charge in [-0.15, -0.1) is 0 Å². The van der Waals surface area contributed by atoms with Crippen LogP contribution >= 0.6 is 27.0 Å². The Morgan fingerprint density at radius 2 is 1.12 bits per heavy atom. The minimum absolute atomic E-state index is 1.14. The molecule has 0 unspecified atom stereocenters. The van der Waals surface area contributed by atoms with E-state index in [4.69, 9.17) is 0 Å². The molecular weight excluding hydrogens is 344 g/mol. The number of rotatable bonds is 2. The summed E-state index contributed by atoms with van der Waals surface area (Å²) < 4.78 is 8.55. The van der Waals surface area contributed by atoms with Crippen molar-refractivity contribution < 1.29 is 4.33 Å². The van der Waals surface area contributed by atoms with E-state index in [1.54, 1.807) is 0 Å². The largest absolute Gasteiger partial charge is 0.294 e. The van der Waals surface area contributed by atoms with Gasteiger partial charge in [0.25, 0.3) is 5.00 Å². The predicted molar refractivity (Wildman–Crippen MR) is 81.8 cm³/mol. The molecule has 0 aromatic rings. The highest BCUT2D eigenvalue weighted by Crippen LogP contribution is 2.65. The average Bonchev–Trinajstić information content (AvgIpc) is 3.10. The molecule has 3 fully saturated rings. The van der Waals surface area contributed by atoms with Gasteiger partial charge in [0, 0.05) is 39.0 Å². The van der Waals surface area contributed by atoms with Crippen LogP contribution in [0.3, 0.4) is 0 Å². The van der Waals surface area contributed by atoms with Gasteiger partial charge in [0.15, 0.2) is 0 Å². The Balaban J connectivity index is 1.96. The first-order valence-corrected chi connectivity index (χ1v) is 11.6. The van der Waals surface area contributed by atoms with Crippen LogP contribution in [-0.2, 0) is 0 Å². The van der Waals surface area contributed by atoms with E-state index >= 15 is 0 Å². The van der Waals surface area contributed by atoms with E-state index in [1.165, 1.54) is 77.8 Å². The highest BCUT2D eigenvalue weighted by Gasteiger charge is 2.43. The molecule has 0 saturated carbocycles.